The van der Waals surface area contributed by atoms with Crippen LogP contribution in [0.3, 0.4) is 0 Å². The Kier molecular flexibility index (Phi) is 8.30. The number of nitrogens with zero attached hydrogens (tertiary/aromatic N) is 3. The molecule has 0 bridgehead atoms. The molecule has 1 N–H and O–H groups in total. The zero-order valence-electron chi connectivity index (χ0n) is 17.8. The molecule has 0 spiro atoms. The molecule has 8 heteroatoms. The molecule has 1 aromatic heterocycles. The van der Waals surface area contributed by atoms with Gasteiger partial charge in [-0.25, -0.2) is 4.98 Å². The van der Waals surface area contributed by atoms with Crippen LogP contribution < -0.4 is 5.32 Å². The standard InChI is InChI=1S/C22H30N4O2S2/c1-16-8-9-18-19(14-16)30-22(23-18)24-20(27)15-25-10-12-26(13-11-25)21(28)7-5-3-4-6-17(2)29/h8-9,14H,3-7,10-13,15H2,1-2H3,(H,23,24,27). The first kappa shape index (κ1) is 22.8. The van der Waals surface area contributed by atoms with Crippen molar-refractivity contribution in [1.82, 2.24) is 14.8 Å². The number of carbonyl (C=O) groups is 2. The lowest BCUT2D eigenvalue weighted by atomic mass is 10.1. The number of aromatic nitrogens is 1. The highest BCUT2D eigenvalue weighted by molar-refractivity contribution is 7.80. The normalized spacial score (nSPS) is 14.8. The van der Waals surface area contributed by atoms with E-state index in [4.69, 9.17) is 12.2 Å². The second-order valence-corrected chi connectivity index (χ2v) is 9.69. The van der Waals surface area contributed by atoms with Gasteiger partial charge in [0, 0.05) is 32.6 Å². The van der Waals surface area contributed by atoms with E-state index in [0.717, 1.165) is 53.9 Å². The first-order valence-electron chi connectivity index (χ1n) is 10.6. The van der Waals surface area contributed by atoms with Crippen molar-refractivity contribution in [2.75, 3.05) is 38.0 Å². The summed E-state index contributed by atoms with van der Waals surface area (Å²) in [5.41, 5.74) is 2.09. The molecule has 1 aliphatic rings. The van der Waals surface area contributed by atoms with Crippen molar-refractivity contribution in [1.29, 1.82) is 0 Å². The molecule has 1 fully saturated rings. The zero-order chi connectivity index (χ0) is 21.5. The molecule has 0 saturated carbocycles. The van der Waals surface area contributed by atoms with Crippen LogP contribution >= 0.6 is 23.6 Å². The fraction of sp³-hybridized carbons (Fsp3) is 0.545. The molecule has 2 amide bonds. The summed E-state index contributed by atoms with van der Waals surface area (Å²) in [5.74, 6) is 0.169. The lowest BCUT2D eigenvalue weighted by Crippen LogP contribution is -2.50. The van der Waals surface area contributed by atoms with Gasteiger partial charge in [0.1, 0.15) is 0 Å². The molecule has 0 radical (unpaired) electrons. The molecule has 1 saturated heterocycles. The number of thiazole rings is 1. The number of piperazine rings is 1. The Hall–Kier alpha value is -1.90. The summed E-state index contributed by atoms with van der Waals surface area (Å²) in [6.07, 6.45) is 4.62. The maximum Gasteiger partial charge on any atom is 0.240 e. The number of thiocarbonyl (C=S) groups is 1. The Balaban J connectivity index is 1.36. The highest BCUT2D eigenvalue weighted by atomic mass is 32.1. The molecular weight excluding hydrogens is 416 g/mol. The molecule has 0 unspecified atom stereocenters. The van der Waals surface area contributed by atoms with Gasteiger partial charge < -0.3 is 10.2 Å². The van der Waals surface area contributed by atoms with Crippen LogP contribution in [0.1, 0.15) is 44.6 Å². The van der Waals surface area contributed by atoms with Crippen molar-refractivity contribution in [2.45, 2.75) is 46.0 Å². The van der Waals surface area contributed by atoms with E-state index in [1.165, 1.54) is 16.9 Å². The summed E-state index contributed by atoms with van der Waals surface area (Å²) in [5, 5.41) is 3.55. The summed E-state index contributed by atoms with van der Waals surface area (Å²) in [4.78, 5) is 34.3. The van der Waals surface area contributed by atoms with Crippen molar-refractivity contribution >= 4 is 55.6 Å². The number of benzene rings is 1. The van der Waals surface area contributed by atoms with Gasteiger partial charge in [-0.3, -0.25) is 14.5 Å². The summed E-state index contributed by atoms with van der Waals surface area (Å²) >= 11 is 6.58. The van der Waals surface area contributed by atoms with Crippen LogP contribution in [-0.2, 0) is 9.59 Å². The second kappa shape index (κ2) is 10.9. The maximum absolute atomic E-state index is 12.4. The Morgan fingerprint density at radius 1 is 1.13 bits per heavy atom. The Morgan fingerprint density at radius 2 is 1.87 bits per heavy atom. The fourth-order valence-electron chi connectivity index (χ4n) is 3.59. The number of rotatable bonds is 9. The maximum atomic E-state index is 12.4. The Bertz CT molecular complexity index is 904. The highest BCUT2D eigenvalue weighted by Gasteiger charge is 2.22. The second-order valence-electron chi connectivity index (χ2n) is 7.96. The van der Waals surface area contributed by atoms with Crippen molar-refractivity contribution in [3.05, 3.63) is 23.8 Å². The minimum atomic E-state index is -0.0561. The summed E-state index contributed by atoms with van der Waals surface area (Å²) in [7, 11) is 0. The number of carbonyl (C=O) groups excluding carboxylic acids is 2. The smallest absolute Gasteiger partial charge is 0.240 e. The quantitative estimate of drug-likeness (QED) is 0.465. The van der Waals surface area contributed by atoms with E-state index in [9.17, 15) is 9.59 Å². The largest absolute Gasteiger partial charge is 0.340 e. The molecule has 2 heterocycles. The average molecular weight is 447 g/mol. The Labute approximate surface area is 187 Å². The van der Waals surface area contributed by atoms with Gasteiger partial charge in [0.15, 0.2) is 5.13 Å². The molecule has 3 rings (SSSR count). The third-order valence-electron chi connectivity index (χ3n) is 5.30. The van der Waals surface area contributed by atoms with Gasteiger partial charge in [-0.15, -0.1) is 0 Å². The molecule has 0 aliphatic carbocycles. The number of hydrogen-bond acceptors (Lipinski definition) is 6. The van der Waals surface area contributed by atoms with Gasteiger partial charge in [0.2, 0.25) is 11.8 Å². The summed E-state index contributed by atoms with van der Waals surface area (Å²) in [6.45, 7) is 7.17. The van der Waals surface area contributed by atoms with Crippen LogP contribution in [0.4, 0.5) is 5.13 Å². The van der Waals surface area contributed by atoms with Crippen LogP contribution in [0.2, 0.25) is 0 Å². The van der Waals surface area contributed by atoms with Gasteiger partial charge in [-0.05, 0) is 55.7 Å². The number of hydrogen-bond donors (Lipinski definition) is 1. The lowest BCUT2D eigenvalue weighted by molar-refractivity contribution is -0.133. The molecule has 1 aliphatic heterocycles. The average Bonchev–Trinajstić information content (AvgIpc) is 3.08. The lowest BCUT2D eigenvalue weighted by Gasteiger charge is -2.34. The molecule has 6 nitrogen and oxygen atoms in total. The van der Waals surface area contributed by atoms with Gasteiger partial charge in [-0.1, -0.05) is 36.0 Å². The van der Waals surface area contributed by atoms with Crippen molar-refractivity contribution in [3.8, 4) is 0 Å². The minimum Gasteiger partial charge on any atom is -0.340 e. The van der Waals surface area contributed by atoms with Crippen LogP contribution in [-0.4, -0.2) is 64.2 Å². The van der Waals surface area contributed by atoms with E-state index in [0.29, 0.717) is 31.2 Å². The third kappa shape index (κ3) is 6.82. The first-order chi connectivity index (χ1) is 14.4. The molecular formula is C22H30N4O2S2. The third-order valence-corrected chi connectivity index (χ3v) is 6.44. The molecule has 1 aromatic carbocycles. The molecule has 2 aromatic rings. The van der Waals surface area contributed by atoms with E-state index < -0.39 is 0 Å². The van der Waals surface area contributed by atoms with E-state index in [1.54, 1.807) is 0 Å². The summed E-state index contributed by atoms with van der Waals surface area (Å²) in [6, 6.07) is 6.08. The SMILES string of the molecule is CC(=S)CCCCCC(=O)N1CCN(CC(=O)Nc2nc3ccc(C)cc3s2)CC1. The van der Waals surface area contributed by atoms with E-state index in [-0.39, 0.29) is 11.8 Å². The van der Waals surface area contributed by atoms with Crippen LogP contribution in [0.5, 0.6) is 0 Å². The zero-order valence-corrected chi connectivity index (χ0v) is 19.4. The van der Waals surface area contributed by atoms with Gasteiger partial charge in [0.25, 0.3) is 0 Å². The number of aryl methyl sites for hydroxylation is 1. The summed E-state index contributed by atoms with van der Waals surface area (Å²) < 4.78 is 1.08. The minimum absolute atomic E-state index is 0.0561. The van der Waals surface area contributed by atoms with Crippen molar-refractivity contribution < 1.29 is 9.59 Å². The van der Waals surface area contributed by atoms with E-state index in [1.807, 2.05) is 30.9 Å². The number of fused-ring (bicyclic) bond motifs is 1. The van der Waals surface area contributed by atoms with Gasteiger partial charge in [-0.2, -0.15) is 0 Å². The topological polar surface area (TPSA) is 65.5 Å². The number of anilines is 1. The Morgan fingerprint density at radius 3 is 2.60 bits per heavy atom. The molecule has 30 heavy (non-hydrogen) atoms. The predicted molar refractivity (Wildman–Crippen MR) is 127 cm³/mol. The van der Waals surface area contributed by atoms with Gasteiger partial charge >= 0.3 is 0 Å². The first-order valence-corrected chi connectivity index (χ1v) is 11.8. The monoisotopic (exact) mass is 446 g/mol. The van der Waals surface area contributed by atoms with Crippen LogP contribution in [0.25, 0.3) is 10.2 Å². The van der Waals surface area contributed by atoms with Crippen LogP contribution in [0, 0.1) is 6.92 Å². The predicted octanol–water partition coefficient (Wildman–Crippen LogP) is 4.03. The van der Waals surface area contributed by atoms with E-state index >= 15 is 0 Å². The molecule has 0 atom stereocenters. The highest BCUT2D eigenvalue weighted by Crippen LogP contribution is 2.26. The number of unbranched alkanes of at least 4 members (excludes halogenated alkanes) is 2. The van der Waals surface area contributed by atoms with Crippen molar-refractivity contribution in [3.63, 3.8) is 0 Å². The van der Waals surface area contributed by atoms with Crippen LogP contribution in [0.15, 0.2) is 18.2 Å². The number of nitrogens with one attached hydrogen (secondary N) is 1. The molecule has 162 valence electrons. The fourth-order valence-corrected chi connectivity index (χ4v) is 4.71. The number of amides is 2. The van der Waals surface area contributed by atoms with Gasteiger partial charge in [0.05, 0.1) is 16.8 Å². The van der Waals surface area contributed by atoms with Crippen molar-refractivity contribution in [2.24, 2.45) is 0 Å². The van der Waals surface area contributed by atoms with E-state index in [2.05, 4.69) is 21.3 Å².